The van der Waals surface area contributed by atoms with Crippen molar-refractivity contribution in [3.8, 4) is 5.75 Å². The zero-order valence-corrected chi connectivity index (χ0v) is 11.1. The van der Waals surface area contributed by atoms with Crippen molar-refractivity contribution in [1.82, 2.24) is 0 Å². The minimum atomic E-state index is -0.884. The van der Waals surface area contributed by atoms with E-state index in [-0.39, 0.29) is 12.2 Å². The average molecular weight is 278 g/mol. The molecule has 0 aromatic heterocycles. The topological polar surface area (TPSA) is 29.5 Å². The molecule has 0 aliphatic rings. The molecule has 106 valence electrons. The SMILES string of the molecule is CC[C@@H](O)c1ccc(OCc2cccc(F)c2F)cc1. The van der Waals surface area contributed by atoms with Gasteiger partial charge in [-0.15, -0.1) is 0 Å². The van der Waals surface area contributed by atoms with Gasteiger partial charge in [-0.1, -0.05) is 31.2 Å². The van der Waals surface area contributed by atoms with E-state index in [4.69, 9.17) is 4.74 Å². The quantitative estimate of drug-likeness (QED) is 0.896. The Morgan fingerprint density at radius 2 is 1.80 bits per heavy atom. The van der Waals surface area contributed by atoms with Crippen molar-refractivity contribution in [3.63, 3.8) is 0 Å². The van der Waals surface area contributed by atoms with Gasteiger partial charge in [-0.05, 0) is 30.2 Å². The first-order valence-corrected chi connectivity index (χ1v) is 6.45. The Hall–Kier alpha value is -1.94. The van der Waals surface area contributed by atoms with Gasteiger partial charge in [0.15, 0.2) is 11.6 Å². The highest BCUT2D eigenvalue weighted by Gasteiger charge is 2.08. The summed E-state index contributed by atoms with van der Waals surface area (Å²) in [6.07, 6.45) is 0.138. The molecule has 2 aromatic rings. The predicted molar refractivity (Wildman–Crippen MR) is 72.4 cm³/mol. The van der Waals surface area contributed by atoms with Crippen LogP contribution in [-0.4, -0.2) is 5.11 Å². The van der Waals surface area contributed by atoms with E-state index < -0.39 is 17.7 Å². The molecule has 0 radical (unpaired) electrons. The molecule has 2 aromatic carbocycles. The molecule has 0 aliphatic heterocycles. The largest absolute Gasteiger partial charge is 0.489 e. The van der Waals surface area contributed by atoms with Crippen LogP contribution in [0.25, 0.3) is 0 Å². The van der Waals surface area contributed by atoms with Crippen LogP contribution >= 0.6 is 0 Å². The summed E-state index contributed by atoms with van der Waals surface area (Å²) in [5.74, 6) is -1.22. The molecule has 0 aliphatic carbocycles. The maximum atomic E-state index is 13.4. The number of aliphatic hydroxyl groups excluding tert-OH is 1. The van der Waals surface area contributed by atoms with E-state index in [0.29, 0.717) is 12.2 Å². The Balaban J connectivity index is 2.02. The zero-order valence-electron chi connectivity index (χ0n) is 11.1. The highest BCUT2D eigenvalue weighted by molar-refractivity contribution is 5.29. The van der Waals surface area contributed by atoms with Gasteiger partial charge < -0.3 is 9.84 Å². The second-order valence-corrected chi connectivity index (χ2v) is 4.49. The second kappa shape index (κ2) is 6.48. The van der Waals surface area contributed by atoms with Crippen molar-refractivity contribution in [2.45, 2.75) is 26.1 Å². The molecule has 1 N–H and O–H groups in total. The van der Waals surface area contributed by atoms with E-state index >= 15 is 0 Å². The molecule has 0 bridgehead atoms. The average Bonchev–Trinajstić information content (AvgIpc) is 2.48. The highest BCUT2D eigenvalue weighted by Crippen LogP contribution is 2.21. The summed E-state index contributed by atoms with van der Waals surface area (Å²) in [7, 11) is 0. The first-order chi connectivity index (χ1) is 9.61. The molecule has 0 spiro atoms. The minimum Gasteiger partial charge on any atom is -0.489 e. The number of rotatable bonds is 5. The molecule has 20 heavy (non-hydrogen) atoms. The van der Waals surface area contributed by atoms with Gasteiger partial charge >= 0.3 is 0 Å². The standard InChI is InChI=1S/C16H16F2O2/c1-2-15(19)11-6-8-13(9-7-11)20-10-12-4-3-5-14(17)16(12)18/h3-9,15,19H,2,10H2,1H3/t15-/m1/s1. The summed E-state index contributed by atoms with van der Waals surface area (Å²) in [4.78, 5) is 0. The Morgan fingerprint density at radius 1 is 1.10 bits per heavy atom. The predicted octanol–water partition coefficient (Wildman–Crippen LogP) is 3.99. The van der Waals surface area contributed by atoms with E-state index in [1.165, 1.54) is 12.1 Å². The van der Waals surface area contributed by atoms with Crippen LogP contribution in [0.1, 0.15) is 30.6 Å². The van der Waals surface area contributed by atoms with Gasteiger partial charge in [0.25, 0.3) is 0 Å². The number of benzene rings is 2. The third-order valence-electron chi connectivity index (χ3n) is 3.08. The fourth-order valence-corrected chi connectivity index (χ4v) is 1.84. The molecule has 0 saturated heterocycles. The van der Waals surface area contributed by atoms with Crippen LogP contribution in [-0.2, 0) is 6.61 Å². The lowest BCUT2D eigenvalue weighted by Gasteiger charge is -2.10. The van der Waals surface area contributed by atoms with E-state index in [1.54, 1.807) is 24.3 Å². The number of halogens is 2. The Morgan fingerprint density at radius 3 is 2.45 bits per heavy atom. The Bertz CT molecular complexity index is 567. The lowest BCUT2D eigenvalue weighted by atomic mass is 10.1. The maximum absolute atomic E-state index is 13.4. The van der Waals surface area contributed by atoms with Crippen LogP contribution in [0.15, 0.2) is 42.5 Å². The van der Waals surface area contributed by atoms with Crippen molar-refractivity contribution in [1.29, 1.82) is 0 Å². The van der Waals surface area contributed by atoms with E-state index in [1.807, 2.05) is 6.92 Å². The summed E-state index contributed by atoms with van der Waals surface area (Å²) < 4.78 is 31.9. The van der Waals surface area contributed by atoms with E-state index in [2.05, 4.69) is 0 Å². The normalized spacial score (nSPS) is 12.2. The van der Waals surface area contributed by atoms with Gasteiger partial charge in [-0.25, -0.2) is 8.78 Å². The number of aliphatic hydroxyl groups is 1. The third-order valence-corrected chi connectivity index (χ3v) is 3.08. The summed E-state index contributed by atoms with van der Waals surface area (Å²) in [5, 5.41) is 9.66. The maximum Gasteiger partial charge on any atom is 0.165 e. The van der Waals surface area contributed by atoms with Gasteiger partial charge in [-0.2, -0.15) is 0 Å². The van der Waals surface area contributed by atoms with E-state index in [0.717, 1.165) is 11.6 Å². The smallest absolute Gasteiger partial charge is 0.165 e. The molecule has 2 nitrogen and oxygen atoms in total. The van der Waals surface area contributed by atoms with Crippen molar-refractivity contribution in [2.24, 2.45) is 0 Å². The molecular weight excluding hydrogens is 262 g/mol. The van der Waals surface area contributed by atoms with Crippen LogP contribution in [0.3, 0.4) is 0 Å². The molecule has 4 heteroatoms. The molecule has 0 fully saturated rings. The zero-order chi connectivity index (χ0) is 14.5. The van der Waals surface area contributed by atoms with Gasteiger partial charge in [0.05, 0.1) is 6.10 Å². The second-order valence-electron chi connectivity index (χ2n) is 4.49. The van der Waals surface area contributed by atoms with Crippen LogP contribution in [0.2, 0.25) is 0 Å². The fourth-order valence-electron chi connectivity index (χ4n) is 1.84. The first-order valence-electron chi connectivity index (χ1n) is 6.45. The third kappa shape index (κ3) is 3.33. The molecule has 0 amide bonds. The van der Waals surface area contributed by atoms with Crippen molar-refractivity contribution >= 4 is 0 Å². The lowest BCUT2D eigenvalue weighted by Crippen LogP contribution is -2.01. The van der Waals surface area contributed by atoms with Crippen molar-refractivity contribution in [3.05, 3.63) is 65.2 Å². The van der Waals surface area contributed by atoms with Crippen molar-refractivity contribution < 1.29 is 18.6 Å². The molecule has 0 heterocycles. The summed E-state index contributed by atoms with van der Waals surface area (Å²) in [5.41, 5.74) is 0.972. The monoisotopic (exact) mass is 278 g/mol. The highest BCUT2D eigenvalue weighted by atomic mass is 19.2. The summed E-state index contributed by atoms with van der Waals surface area (Å²) in [6.45, 7) is 1.85. The lowest BCUT2D eigenvalue weighted by molar-refractivity contribution is 0.173. The van der Waals surface area contributed by atoms with Crippen LogP contribution in [0.4, 0.5) is 8.78 Å². The van der Waals surface area contributed by atoms with Gasteiger partial charge in [-0.3, -0.25) is 0 Å². The Kier molecular flexibility index (Phi) is 4.69. The number of ether oxygens (including phenoxy) is 1. The van der Waals surface area contributed by atoms with Gasteiger partial charge in [0, 0.05) is 5.56 Å². The summed E-state index contributed by atoms with van der Waals surface area (Å²) in [6, 6.07) is 10.9. The van der Waals surface area contributed by atoms with Gasteiger partial charge in [0.1, 0.15) is 12.4 Å². The van der Waals surface area contributed by atoms with Gasteiger partial charge in [0.2, 0.25) is 0 Å². The Labute approximate surface area is 116 Å². The minimum absolute atomic E-state index is 0.0424. The van der Waals surface area contributed by atoms with Crippen LogP contribution < -0.4 is 4.74 Å². The molecule has 0 unspecified atom stereocenters. The molecule has 2 rings (SSSR count). The van der Waals surface area contributed by atoms with Crippen LogP contribution in [0, 0.1) is 11.6 Å². The number of hydrogen-bond donors (Lipinski definition) is 1. The first kappa shape index (κ1) is 14.5. The molecule has 0 saturated carbocycles. The fraction of sp³-hybridized carbons (Fsp3) is 0.250. The molecule has 1 atom stereocenters. The summed E-state index contributed by atoms with van der Waals surface area (Å²) >= 11 is 0. The molecular formula is C16H16F2O2. The van der Waals surface area contributed by atoms with Crippen molar-refractivity contribution in [2.75, 3.05) is 0 Å². The number of hydrogen-bond acceptors (Lipinski definition) is 2. The van der Waals surface area contributed by atoms with Crippen LogP contribution in [0.5, 0.6) is 5.75 Å². The van der Waals surface area contributed by atoms with E-state index in [9.17, 15) is 13.9 Å².